The van der Waals surface area contributed by atoms with Crippen LogP contribution in [0.25, 0.3) is 22.2 Å². The quantitative estimate of drug-likeness (QED) is 0.363. The first-order chi connectivity index (χ1) is 12.9. The van der Waals surface area contributed by atoms with E-state index in [9.17, 15) is 9.59 Å². The number of aromatic nitrogens is 1. The third kappa shape index (κ3) is 3.65. The van der Waals surface area contributed by atoms with Gasteiger partial charge in [0.15, 0.2) is 11.5 Å². The van der Waals surface area contributed by atoms with Crippen LogP contribution in [0.1, 0.15) is 35.3 Å². The van der Waals surface area contributed by atoms with E-state index < -0.39 is 5.97 Å². The second-order valence-electron chi connectivity index (χ2n) is 6.49. The Balaban J connectivity index is 2.50. The van der Waals surface area contributed by atoms with E-state index in [-0.39, 0.29) is 11.5 Å². The van der Waals surface area contributed by atoms with Crippen molar-refractivity contribution in [1.29, 1.82) is 0 Å². The van der Waals surface area contributed by atoms with E-state index in [4.69, 9.17) is 9.72 Å². The monoisotopic (exact) mass is 359 g/mol. The molecule has 0 bridgehead atoms. The highest BCUT2D eigenvalue weighted by Crippen LogP contribution is 2.38. The summed E-state index contributed by atoms with van der Waals surface area (Å²) in [6, 6.07) is 13.4. The van der Waals surface area contributed by atoms with Crippen LogP contribution in [0.3, 0.4) is 0 Å². The van der Waals surface area contributed by atoms with E-state index in [0.29, 0.717) is 28.6 Å². The van der Waals surface area contributed by atoms with Crippen molar-refractivity contribution in [2.75, 3.05) is 0 Å². The first-order valence-corrected chi connectivity index (χ1v) is 8.75. The van der Waals surface area contributed by atoms with Crippen molar-refractivity contribution in [1.82, 2.24) is 4.98 Å². The van der Waals surface area contributed by atoms with Gasteiger partial charge in [-0.3, -0.25) is 9.59 Å². The zero-order valence-electron chi connectivity index (χ0n) is 15.7. The minimum Gasteiger partial charge on any atom is -0.425 e. The van der Waals surface area contributed by atoms with E-state index in [0.717, 1.165) is 16.7 Å². The molecule has 1 heterocycles. The Morgan fingerprint density at radius 1 is 1.15 bits per heavy atom. The number of allylic oxidation sites excluding steroid dienone is 1. The van der Waals surface area contributed by atoms with Gasteiger partial charge in [0, 0.05) is 17.9 Å². The molecule has 0 saturated heterocycles. The number of aryl methyl sites for hydroxylation is 1. The highest BCUT2D eigenvalue weighted by molar-refractivity contribution is 6.09. The fraction of sp³-hybridized carbons (Fsp3) is 0.174. The number of nitrogens with zero attached hydrogens (tertiary/aromatic N) is 1. The smallest absolute Gasteiger partial charge is 0.308 e. The van der Waals surface area contributed by atoms with E-state index in [1.165, 1.54) is 13.8 Å². The number of hydrogen-bond donors (Lipinski definition) is 0. The van der Waals surface area contributed by atoms with Crippen LogP contribution in [0.5, 0.6) is 5.75 Å². The topological polar surface area (TPSA) is 56.3 Å². The van der Waals surface area contributed by atoms with Gasteiger partial charge >= 0.3 is 5.97 Å². The Labute approximate surface area is 158 Å². The molecule has 0 N–H and O–H groups in total. The first kappa shape index (κ1) is 18.5. The maximum Gasteiger partial charge on any atom is 0.308 e. The second-order valence-corrected chi connectivity index (χ2v) is 6.49. The summed E-state index contributed by atoms with van der Waals surface area (Å²) in [6.45, 7) is 8.58. The van der Waals surface area contributed by atoms with Crippen molar-refractivity contribution >= 4 is 22.7 Å². The van der Waals surface area contributed by atoms with Crippen molar-refractivity contribution in [2.45, 2.75) is 27.2 Å². The van der Waals surface area contributed by atoms with E-state index >= 15 is 0 Å². The molecule has 3 rings (SSSR count). The van der Waals surface area contributed by atoms with Crippen LogP contribution in [-0.4, -0.2) is 16.7 Å². The molecule has 3 aromatic rings. The number of carbonyl (C=O) groups excluding carboxylic acids is 2. The molecule has 1 aromatic heterocycles. The summed E-state index contributed by atoms with van der Waals surface area (Å²) in [5, 5.41) is 0.659. The predicted molar refractivity (Wildman–Crippen MR) is 107 cm³/mol. The summed E-state index contributed by atoms with van der Waals surface area (Å²) in [4.78, 5) is 29.2. The fourth-order valence-electron chi connectivity index (χ4n) is 3.26. The molecule has 0 radical (unpaired) electrons. The zero-order valence-corrected chi connectivity index (χ0v) is 15.7. The Bertz CT molecular complexity index is 1050. The number of carbonyl (C=O) groups is 2. The lowest BCUT2D eigenvalue weighted by molar-refractivity contribution is -0.131. The number of esters is 1. The predicted octanol–water partition coefficient (Wildman–Crippen LogP) is 5.07. The van der Waals surface area contributed by atoms with Gasteiger partial charge in [-0.05, 0) is 37.5 Å². The van der Waals surface area contributed by atoms with Crippen LogP contribution < -0.4 is 4.74 Å². The molecule has 136 valence electrons. The van der Waals surface area contributed by atoms with Crippen LogP contribution in [0.4, 0.5) is 0 Å². The van der Waals surface area contributed by atoms with Crippen molar-refractivity contribution in [2.24, 2.45) is 0 Å². The van der Waals surface area contributed by atoms with Gasteiger partial charge in [-0.15, -0.1) is 6.58 Å². The molecule has 27 heavy (non-hydrogen) atoms. The van der Waals surface area contributed by atoms with Crippen LogP contribution in [0, 0.1) is 6.92 Å². The molecule has 0 atom stereocenters. The van der Waals surface area contributed by atoms with Crippen molar-refractivity contribution in [3.63, 3.8) is 0 Å². The maximum atomic E-state index is 12.5. The summed E-state index contributed by atoms with van der Waals surface area (Å²) in [5.74, 6) is -0.407. The van der Waals surface area contributed by atoms with Crippen LogP contribution in [0.2, 0.25) is 0 Å². The minimum atomic E-state index is -0.476. The van der Waals surface area contributed by atoms with Gasteiger partial charge in [-0.1, -0.05) is 42.5 Å². The Kier molecular flexibility index (Phi) is 5.17. The van der Waals surface area contributed by atoms with Gasteiger partial charge in [0.2, 0.25) is 0 Å². The highest BCUT2D eigenvalue weighted by Gasteiger charge is 2.23. The molecular weight excluding hydrogens is 338 g/mol. The van der Waals surface area contributed by atoms with Gasteiger partial charge in [-0.25, -0.2) is 4.98 Å². The van der Waals surface area contributed by atoms with Gasteiger partial charge in [0.05, 0.1) is 16.8 Å². The molecular formula is C23H21NO3. The van der Waals surface area contributed by atoms with Gasteiger partial charge in [-0.2, -0.15) is 0 Å². The summed E-state index contributed by atoms with van der Waals surface area (Å²) in [7, 11) is 0. The van der Waals surface area contributed by atoms with Crippen molar-refractivity contribution in [3.8, 4) is 17.0 Å². The van der Waals surface area contributed by atoms with Crippen LogP contribution in [0.15, 0.2) is 55.1 Å². The molecule has 0 spiro atoms. The fourth-order valence-corrected chi connectivity index (χ4v) is 3.26. The number of rotatable bonds is 5. The Morgan fingerprint density at radius 2 is 1.85 bits per heavy atom. The standard InChI is InChI=1S/C23H21NO3/c1-5-9-18-12-14(2)13-19-21(18)24-22(17-10-7-6-8-11-17)20(15(3)25)23(19)27-16(4)26/h5-8,10-13H,1,9H2,2-4H3. The van der Waals surface area contributed by atoms with Crippen LogP contribution in [-0.2, 0) is 11.2 Å². The van der Waals surface area contributed by atoms with Crippen molar-refractivity contribution < 1.29 is 14.3 Å². The molecule has 2 aromatic carbocycles. The summed E-state index contributed by atoms with van der Waals surface area (Å²) < 4.78 is 5.54. The van der Waals surface area contributed by atoms with Gasteiger partial charge in [0.25, 0.3) is 0 Å². The molecule has 0 unspecified atom stereocenters. The normalized spacial score (nSPS) is 10.6. The van der Waals surface area contributed by atoms with Gasteiger partial charge < -0.3 is 4.74 Å². The van der Waals surface area contributed by atoms with Crippen LogP contribution >= 0.6 is 0 Å². The number of ether oxygens (including phenoxy) is 1. The average Bonchev–Trinajstić information content (AvgIpc) is 2.62. The third-order valence-corrected chi connectivity index (χ3v) is 4.27. The first-order valence-electron chi connectivity index (χ1n) is 8.75. The maximum absolute atomic E-state index is 12.5. The summed E-state index contributed by atoms with van der Waals surface area (Å²) in [6.07, 6.45) is 2.43. The number of benzene rings is 2. The molecule has 4 heteroatoms. The molecule has 4 nitrogen and oxygen atoms in total. The van der Waals surface area contributed by atoms with Gasteiger partial charge in [0.1, 0.15) is 0 Å². The summed E-state index contributed by atoms with van der Waals surface area (Å²) in [5.41, 5.74) is 4.31. The number of Topliss-reactive ketones (excluding diaryl/α,β-unsaturated/α-hetero) is 1. The Morgan fingerprint density at radius 3 is 2.44 bits per heavy atom. The lowest BCUT2D eigenvalue weighted by atomic mass is 9.96. The number of fused-ring (bicyclic) bond motifs is 1. The lowest BCUT2D eigenvalue weighted by Crippen LogP contribution is -2.10. The number of pyridine rings is 1. The molecule has 0 saturated carbocycles. The molecule has 0 aliphatic rings. The largest absolute Gasteiger partial charge is 0.425 e. The highest BCUT2D eigenvalue weighted by atomic mass is 16.5. The minimum absolute atomic E-state index is 0.203. The van der Waals surface area contributed by atoms with E-state index in [1.54, 1.807) is 0 Å². The summed E-state index contributed by atoms with van der Waals surface area (Å²) >= 11 is 0. The molecule has 0 aliphatic heterocycles. The number of ketones is 1. The average molecular weight is 359 g/mol. The molecule has 0 amide bonds. The van der Waals surface area contributed by atoms with E-state index in [1.807, 2.05) is 55.5 Å². The molecule has 0 aliphatic carbocycles. The van der Waals surface area contributed by atoms with Crippen molar-refractivity contribution in [3.05, 3.63) is 71.8 Å². The Hall–Kier alpha value is -3.27. The third-order valence-electron chi connectivity index (χ3n) is 4.27. The van der Waals surface area contributed by atoms with E-state index in [2.05, 4.69) is 6.58 Å². The lowest BCUT2D eigenvalue weighted by Gasteiger charge is -2.17. The molecule has 0 fully saturated rings. The SMILES string of the molecule is C=CCc1cc(C)cc2c(OC(C)=O)c(C(C)=O)c(-c3ccccc3)nc12. The zero-order chi connectivity index (χ0) is 19.6. The number of hydrogen-bond acceptors (Lipinski definition) is 4. The second kappa shape index (κ2) is 7.54.